The normalized spacial score (nSPS) is 11.2. The summed E-state index contributed by atoms with van der Waals surface area (Å²) < 4.78 is 13.1. The fraction of sp³-hybridized carbons (Fsp3) is 0.500. The Morgan fingerprint density at radius 1 is 1.39 bits per heavy atom. The van der Waals surface area contributed by atoms with Crippen molar-refractivity contribution >= 4 is 23.3 Å². The van der Waals surface area contributed by atoms with E-state index in [-0.39, 0.29) is 0 Å². The summed E-state index contributed by atoms with van der Waals surface area (Å²) in [4.78, 5) is 7.21. The summed E-state index contributed by atoms with van der Waals surface area (Å²) in [6.07, 6.45) is 4.49. The van der Waals surface area contributed by atoms with Crippen molar-refractivity contribution in [1.82, 2.24) is 14.5 Å². The van der Waals surface area contributed by atoms with Crippen LogP contribution in [0.3, 0.4) is 0 Å². The number of methoxy groups -OCH3 is 1. The molecular formula is C12H17N3O2S. The van der Waals surface area contributed by atoms with E-state index in [9.17, 15) is 0 Å². The fourth-order valence-electron chi connectivity index (χ4n) is 1.80. The van der Waals surface area contributed by atoms with Gasteiger partial charge in [-0.2, -0.15) is 0 Å². The van der Waals surface area contributed by atoms with E-state index in [1.54, 1.807) is 19.5 Å². The fourth-order valence-corrected chi connectivity index (χ4v) is 2.10. The summed E-state index contributed by atoms with van der Waals surface area (Å²) in [5, 5.41) is 0. The molecule has 0 unspecified atom stereocenters. The van der Waals surface area contributed by atoms with Crippen molar-refractivity contribution in [3.8, 4) is 0 Å². The number of fused-ring (bicyclic) bond motifs is 1. The molecule has 1 N–H and O–H groups in total. The van der Waals surface area contributed by atoms with Crippen LogP contribution in [0.2, 0.25) is 0 Å². The molecule has 0 saturated carbocycles. The first-order valence-electron chi connectivity index (χ1n) is 5.92. The predicted molar refractivity (Wildman–Crippen MR) is 72.2 cm³/mol. The summed E-state index contributed by atoms with van der Waals surface area (Å²) in [6, 6.07) is 1.97. The first-order chi connectivity index (χ1) is 8.83. The number of H-pyrrole nitrogens is 1. The standard InChI is InChI=1S/C12H17N3O2S/c1-16-7-8-17-6-2-5-15-11-3-4-13-9-10(11)14-12(15)18/h3-4,9H,2,5-8H2,1H3,(H,14,18). The van der Waals surface area contributed by atoms with Crippen molar-refractivity contribution in [3.05, 3.63) is 23.2 Å². The first-order valence-corrected chi connectivity index (χ1v) is 6.33. The Kier molecular flexibility index (Phi) is 4.86. The molecule has 0 aliphatic carbocycles. The number of ether oxygens (including phenoxy) is 2. The van der Waals surface area contributed by atoms with E-state index in [0.717, 1.165) is 28.8 Å². The highest BCUT2D eigenvalue weighted by atomic mass is 32.1. The first kappa shape index (κ1) is 13.2. The Hall–Kier alpha value is -1.24. The van der Waals surface area contributed by atoms with E-state index in [1.807, 2.05) is 6.07 Å². The van der Waals surface area contributed by atoms with E-state index in [0.29, 0.717) is 19.8 Å². The van der Waals surface area contributed by atoms with Gasteiger partial charge in [0.25, 0.3) is 0 Å². The molecule has 0 saturated heterocycles. The Morgan fingerprint density at radius 2 is 2.28 bits per heavy atom. The number of hydrogen-bond acceptors (Lipinski definition) is 4. The minimum Gasteiger partial charge on any atom is -0.382 e. The lowest BCUT2D eigenvalue weighted by atomic mass is 10.4. The maximum Gasteiger partial charge on any atom is 0.178 e. The molecule has 0 fully saturated rings. The topological polar surface area (TPSA) is 52.1 Å². The molecule has 0 aromatic carbocycles. The molecular weight excluding hydrogens is 250 g/mol. The Morgan fingerprint density at radius 3 is 3.11 bits per heavy atom. The number of hydrogen-bond donors (Lipinski definition) is 1. The van der Waals surface area contributed by atoms with Crippen molar-refractivity contribution in [2.75, 3.05) is 26.9 Å². The van der Waals surface area contributed by atoms with Crippen LogP contribution in [0.15, 0.2) is 18.5 Å². The minimum atomic E-state index is 0.637. The third kappa shape index (κ3) is 3.16. The quantitative estimate of drug-likeness (QED) is 0.617. The van der Waals surface area contributed by atoms with Crippen molar-refractivity contribution < 1.29 is 9.47 Å². The van der Waals surface area contributed by atoms with Crippen LogP contribution in [-0.2, 0) is 16.0 Å². The van der Waals surface area contributed by atoms with Gasteiger partial charge in [-0.05, 0) is 24.7 Å². The lowest BCUT2D eigenvalue weighted by molar-refractivity contribution is 0.0681. The van der Waals surface area contributed by atoms with Gasteiger partial charge in [-0.25, -0.2) is 0 Å². The molecule has 6 heteroatoms. The highest BCUT2D eigenvalue weighted by molar-refractivity contribution is 7.71. The Labute approximate surface area is 111 Å². The Bertz CT molecular complexity index is 549. The van der Waals surface area contributed by atoms with Gasteiger partial charge in [0.2, 0.25) is 0 Å². The lowest BCUT2D eigenvalue weighted by Gasteiger charge is -2.05. The van der Waals surface area contributed by atoms with Crippen molar-refractivity contribution in [1.29, 1.82) is 0 Å². The van der Waals surface area contributed by atoms with E-state index in [4.69, 9.17) is 21.7 Å². The van der Waals surface area contributed by atoms with Gasteiger partial charge in [0.1, 0.15) is 0 Å². The van der Waals surface area contributed by atoms with E-state index in [2.05, 4.69) is 14.5 Å². The predicted octanol–water partition coefficient (Wildman–Crippen LogP) is 2.15. The highest BCUT2D eigenvalue weighted by Gasteiger charge is 2.03. The van der Waals surface area contributed by atoms with Gasteiger partial charge in [0.15, 0.2) is 4.77 Å². The highest BCUT2D eigenvalue weighted by Crippen LogP contribution is 2.12. The molecule has 0 aliphatic heterocycles. The van der Waals surface area contributed by atoms with Gasteiger partial charge in [0.05, 0.1) is 30.4 Å². The molecule has 18 heavy (non-hydrogen) atoms. The average Bonchev–Trinajstić information content (AvgIpc) is 2.70. The van der Waals surface area contributed by atoms with Crippen molar-refractivity contribution in [2.45, 2.75) is 13.0 Å². The van der Waals surface area contributed by atoms with Crippen LogP contribution in [0.1, 0.15) is 6.42 Å². The number of aromatic nitrogens is 3. The molecule has 2 rings (SSSR count). The van der Waals surface area contributed by atoms with Gasteiger partial charge >= 0.3 is 0 Å². The zero-order valence-electron chi connectivity index (χ0n) is 10.4. The molecule has 2 heterocycles. The molecule has 2 aromatic heterocycles. The summed E-state index contributed by atoms with van der Waals surface area (Å²) >= 11 is 5.29. The zero-order chi connectivity index (χ0) is 12.8. The molecule has 5 nitrogen and oxygen atoms in total. The number of imidazole rings is 1. The molecule has 0 bridgehead atoms. The number of nitrogens with zero attached hydrogens (tertiary/aromatic N) is 2. The average molecular weight is 267 g/mol. The molecule has 0 amide bonds. The van der Waals surface area contributed by atoms with Crippen LogP contribution in [0.25, 0.3) is 11.0 Å². The zero-order valence-corrected chi connectivity index (χ0v) is 11.2. The third-order valence-corrected chi connectivity index (χ3v) is 3.00. The molecule has 0 atom stereocenters. The van der Waals surface area contributed by atoms with Gasteiger partial charge < -0.3 is 19.0 Å². The van der Waals surface area contributed by atoms with Crippen LogP contribution < -0.4 is 0 Å². The molecule has 2 aromatic rings. The van der Waals surface area contributed by atoms with E-state index in [1.165, 1.54) is 0 Å². The van der Waals surface area contributed by atoms with Crippen LogP contribution in [0.5, 0.6) is 0 Å². The van der Waals surface area contributed by atoms with Gasteiger partial charge in [0, 0.05) is 26.5 Å². The van der Waals surface area contributed by atoms with Crippen LogP contribution in [-0.4, -0.2) is 41.5 Å². The van der Waals surface area contributed by atoms with Gasteiger partial charge in [-0.15, -0.1) is 0 Å². The van der Waals surface area contributed by atoms with Crippen LogP contribution in [0, 0.1) is 4.77 Å². The number of aryl methyl sites for hydroxylation is 1. The second kappa shape index (κ2) is 6.63. The summed E-state index contributed by atoms with van der Waals surface area (Å²) in [7, 11) is 1.67. The maximum atomic E-state index is 5.43. The van der Waals surface area contributed by atoms with Crippen molar-refractivity contribution in [2.24, 2.45) is 0 Å². The molecule has 0 spiro atoms. The second-order valence-electron chi connectivity index (χ2n) is 3.93. The van der Waals surface area contributed by atoms with Gasteiger partial charge in [-0.1, -0.05) is 0 Å². The molecule has 98 valence electrons. The summed E-state index contributed by atoms with van der Waals surface area (Å²) in [6.45, 7) is 2.83. The number of pyridine rings is 1. The third-order valence-electron chi connectivity index (χ3n) is 2.68. The maximum absolute atomic E-state index is 5.43. The summed E-state index contributed by atoms with van der Waals surface area (Å²) in [5.74, 6) is 0. The van der Waals surface area contributed by atoms with Crippen LogP contribution in [0.4, 0.5) is 0 Å². The smallest absolute Gasteiger partial charge is 0.178 e. The second-order valence-corrected chi connectivity index (χ2v) is 4.32. The summed E-state index contributed by atoms with van der Waals surface area (Å²) in [5.41, 5.74) is 2.06. The number of nitrogens with one attached hydrogen (secondary N) is 1. The Balaban J connectivity index is 1.91. The largest absolute Gasteiger partial charge is 0.382 e. The molecule has 0 radical (unpaired) electrons. The lowest BCUT2D eigenvalue weighted by Crippen LogP contribution is -2.06. The monoisotopic (exact) mass is 267 g/mol. The van der Waals surface area contributed by atoms with E-state index >= 15 is 0 Å². The minimum absolute atomic E-state index is 0.637. The van der Waals surface area contributed by atoms with Crippen molar-refractivity contribution in [3.63, 3.8) is 0 Å². The molecule has 0 aliphatic rings. The van der Waals surface area contributed by atoms with Gasteiger partial charge in [-0.3, -0.25) is 4.98 Å². The number of rotatable bonds is 7. The number of aromatic amines is 1. The van der Waals surface area contributed by atoms with E-state index < -0.39 is 0 Å². The SMILES string of the molecule is COCCOCCCn1c(=S)[nH]c2cnccc21. The van der Waals surface area contributed by atoms with Crippen LogP contribution >= 0.6 is 12.2 Å².